The molecule has 2 aliphatic heterocycles. The van der Waals surface area contributed by atoms with Gasteiger partial charge in [-0.2, -0.15) is 5.10 Å². The van der Waals surface area contributed by atoms with E-state index in [9.17, 15) is 14.4 Å². The first-order valence-corrected chi connectivity index (χ1v) is 12.1. The molecule has 2 atom stereocenters. The van der Waals surface area contributed by atoms with Gasteiger partial charge in [0, 0.05) is 37.9 Å². The van der Waals surface area contributed by atoms with E-state index in [1.54, 1.807) is 0 Å². The first-order chi connectivity index (χ1) is 17.0. The maximum Gasteiger partial charge on any atom is 0.289 e. The van der Waals surface area contributed by atoms with Gasteiger partial charge in [0.1, 0.15) is 17.2 Å². The number of nitrogens with one attached hydrogen (secondary N) is 2. The lowest BCUT2D eigenvalue weighted by Gasteiger charge is -2.37. The highest BCUT2D eigenvalue weighted by atomic mass is 16.2. The SMILES string of the molecule is CC(=O)c1cc(C(=O)N2CC[C@]3(c4ccccc4)CCc4nnc(C(=O)NC5CC5)n4C[C@H]23)[nH]n1. The number of nitrogens with zero attached hydrogens (tertiary/aromatic N) is 5. The molecule has 2 fully saturated rings. The third kappa shape index (κ3) is 3.64. The van der Waals surface area contributed by atoms with E-state index in [-0.39, 0.29) is 40.8 Å². The third-order valence-corrected chi connectivity index (χ3v) is 7.68. The Bertz CT molecular complexity index is 1310. The van der Waals surface area contributed by atoms with Crippen molar-refractivity contribution < 1.29 is 14.4 Å². The van der Waals surface area contributed by atoms with Crippen molar-refractivity contribution in [2.75, 3.05) is 6.54 Å². The van der Waals surface area contributed by atoms with E-state index in [4.69, 9.17) is 0 Å². The molecule has 10 nitrogen and oxygen atoms in total. The van der Waals surface area contributed by atoms with E-state index in [0.29, 0.717) is 31.0 Å². The molecule has 0 unspecified atom stereocenters. The Labute approximate surface area is 202 Å². The van der Waals surface area contributed by atoms with Crippen LogP contribution < -0.4 is 5.32 Å². The van der Waals surface area contributed by atoms with Crippen LogP contribution in [0, 0.1) is 0 Å². The second-order valence-electron chi connectivity index (χ2n) is 9.81. The molecule has 2 amide bonds. The lowest BCUT2D eigenvalue weighted by molar-refractivity contribution is 0.0681. The fraction of sp³-hybridized carbons (Fsp3) is 0.440. The summed E-state index contributed by atoms with van der Waals surface area (Å²) >= 11 is 0. The smallest absolute Gasteiger partial charge is 0.289 e. The molecule has 2 aromatic heterocycles. The van der Waals surface area contributed by atoms with Crippen molar-refractivity contribution >= 4 is 17.6 Å². The number of amides is 2. The van der Waals surface area contributed by atoms with Gasteiger partial charge in [-0.05, 0) is 37.3 Å². The molecule has 1 aromatic carbocycles. The second-order valence-corrected chi connectivity index (χ2v) is 9.81. The summed E-state index contributed by atoms with van der Waals surface area (Å²) < 4.78 is 1.90. The summed E-state index contributed by atoms with van der Waals surface area (Å²) in [6, 6.07) is 11.8. The minimum Gasteiger partial charge on any atom is -0.347 e. The van der Waals surface area contributed by atoms with Crippen molar-refractivity contribution in [2.45, 2.75) is 63.1 Å². The summed E-state index contributed by atoms with van der Waals surface area (Å²) in [6.07, 6.45) is 4.22. The number of benzene rings is 1. The Morgan fingerprint density at radius 3 is 2.63 bits per heavy atom. The maximum atomic E-state index is 13.7. The van der Waals surface area contributed by atoms with Gasteiger partial charge in [-0.25, -0.2) is 0 Å². The standard InChI is InChI=1S/C25H27N7O3/c1-15(33)18-13-19(28-27-18)24(35)31-12-11-25(16-5-3-2-4-6-16)10-9-21-29-30-22(32(21)14-20(25)31)23(34)26-17-7-8-17/h2-6,13,17,20H,7-12,14H2,1H3,(H,26,34)(H,27,28)/t20-,25-/m0/s1. The number of rotatable bonds is 5. The summed E-state index contributed by atoms with van der Waals surface area (Å²) in [5.74, 6) is 0.455. The van der Waals surface area contributed by atoms with Gasteiger partial charge in [0.25, 0.3) is 11.8 Å². The van der Waals surface area contributed by atoms with Crippen molar-refractivity contribution in [3.63, 3.8) is 0 Å². The van der Waals surface area contributed by atoms with E-state index in [1.165, 1.54) is 18.6 Å². The zero-order valence-corrected chi connectivity index (χ0v) is 19.5. The van der Waals surface area contributed by atoms with E-state index in [2.05, 4.69) is 37.8 Å². The van der Waals surface area contributed by atoms with Crippen LogP contribution in [0.25, 0.3) is 0 Å². The molecule has 4 heterocycles. The van der Waals surface area contributed by atoms with Crippen molar-refractivity contribution in [3.05, 3.63) is 65.0 Å². The normalized spacial score (nSPS) is 23.3. The molecule has 0 radical (unpaired) electrons. The van der Waals surface area contributed by atoms with Crippen LogP contribution in [0.1, 0.15) is 75.6 Å². The summed E-state index contributed by atoms with van der Waals surface area (Å²) in [7, 11) is 0. The highest BCUT2D eigenvalue weighted by Crippen LogP contribution is 2.46. The van der Waals surface area contributed by atoms with Crippen molar-refractivity contribution in [1.82, 2.24) is 35.2 Å². The number of carbonyl (C=O) groups excluding carboxylic acids is 3. The third-order valence-electron chi connectivity index (χ3n) is 7.68. The first kappa shape index (κ1) is 21.7. The van der Waals surface area contributed by atoms with Crippen molar-refractivity contribution in [1.29, 1.82) is 0 Å². The predicted molar refractivity (Wildman–Crippen MR) is 125 cm³/mol. The molecule has 6 rings (SSSR count). The molecule has 0 spiro atoms. The van der Waals surface area contributed by atoms with Gasteiger partial charge in [-0.15, -0.1) is 10.2 Å². The van der Waals surface area contributed by atoms with Gasteiger partial charge in [0.05, 0.1) is 6.04 Å². The number of aryl methyl sites for hydroxylation is 1. The van der Waals surface area contributed by atoms with Crippen LogP contribution in [0.15, 0.2) is 36.4 Å². The number of ketones is 1. The van der Waals surface area contributed by atoms with Gasteiger partial charge in [-0.1, -0.05) is 30.3 Å². The molecular weight excluding hydrogens is 446 g/mol. The zero-order chi connectivity index (χ0) is 24.2. The summed E-state index contributed by atoms with van der Waals surface area (Å²) in [5, 5.41) is 18.3. The van der Waals surface area contributed by atoms with E-state index < -0.39 is 0 Å². The molecule has 35 heavy (non-hydrogen) atoms. The fourth-order valence-corrected chi connectivity index (χ4v) is 5.63. The number of hydrogen-bond acceptors (Lipinski definition) is 6. The van der Waals surface area contributed by atoms with E-state index >= 15 is 0 Å². The number of H-pyrrole nitrogens is 1. The number of Topliss-reactive ketones (excluding diaryl/α,β-unsaturated/α-hetero) is 1. The Hall–Kier alpha value is -3.82. The largest absolute Gasteiger partial charge is 0.347 e. The molecule has 3 aromatic rings. The molecule has 1 saturated heterocycles. The fourth-order valence-electron chi connectivity index (χ4n) is 5.63. The topological polar surface area (TPSA) is 126 Å². The van der Waals surface area contributed by atoms with Crippen LogP contribution in [-0.2, 0) is 18.4 Å². The predicted octanol–water partition coefficient (Wildman–Crippen LogP) is 1.89. The van der Waals surface area contributed by atoms with Crippen LogP contribution in [0.3, 0.4) is 0 Å². The molecule has 10 heteroatoms. The first-order valence-electron chi connectivity index (χ1n) is 12.1. The summed E-state index contributed by atoms with van der Waals surface area (Å²) in [6.45, 7) is 2.41. The average molecular weight is 474 g/mol. The van der Waals surface area contributed by atoms with Crippen LogP contribution in [0.5, 0.6) is 0 Å². The Morgan fingerprint density at radius 2 is 1.91 bits per heavy atom. The molecule has 180 valence electrons. The second kappa shape index (κ2) is 8.14. The summed E-state index contributed by atoms with van der Waals surface area (Å²) in [4.78, 5) is 40.2. The number of fused-ring (bicyclic) bond motifs is 2. The van der Waals surface area contributed by atoms with Crippen LogP contribution in [0.4, 0.5) is 0 Å². The van der Waals surface area contributed by atoms with E-state index in [1.807, 2.05) is 27.7 Å². The lowest BCUT2D eigenvalue weighted by atomic mass is 9.71. The van der Waals surface area contributed by atoms with Crippen LogP contribution >= 0.6 is 0 Å². The molecule has 3 aliphatic rings. The molecule has 1 aliphatic carbocycles. The van der Waals surface area contributed by atoms with Crippen LogP contribution in [0.2, 0.25) is 0 Å². The Kier molecular flexibility index (Phi) is 5.05. The quantitative estimate of drug-likeness (QED) is 0.545. The molecule has 2 N–H and O–H groups in total. The minimum absolute atomic E-state index is 0.199. The monoisotopic (exact) mass is 473 g/mol. The van der Waals surface area contributed by atoms with Crippen molar-refractivity contribution in [2.24, 2.45) is 0 Å². The number of carbonyl (C=O) groups is 3. The average Bonchev–Trinajstić information content (AvgIpc) is 3.28. The highest BCUT2D eigenvalue weighted by molar-refractivity contribution is 5.98. The highest BCUT2D eigenvalue weighted by Gasteiger charge is 2.52. The molecule has 1 saturated carbocycles. The Morgan fingerprint density at radius 1 is 1.11 bits per heavy atom. The van der Waals surface area contributed by atoms with Gasteiger partial charge in [0.2, 0.25) is 5.82 Å². The van der Waals surface area contributed by atoms with E-state index in [0.717, 1.165) is 31.5 Å². The van der Waals surface area contributed by atoms with Gasteiger partial charge >= 0.3 is 0 Å². The minimum atomic E-state index is -0.286. The van der Waals surface area contributed by atoms with Gasteiger partial charge in [-0.3, -0.25) is 19.5 Å². The number of aromatic amines is 1. The number of likely N-dealkylation sites (tertiary alicyclic amines) is 1. The van der Waals surface area contributed by atoms with Gasteiger partial charge in [0.15, 0.2) is 5.78 Å². The Balaban J connectivity index is 1.39. The van der Waals surface area contributed by atoms with Crippen LogP contribution in [-0.4, -0.2) is 66.1 Å². The summed E-state index contributed by atoms with van der Waals surface area (Å²) in [5.41, 5.74) is 1.42. The zero-order valence-electron chi connectivity index (χ0n) is 19.5. The number of hydrogen-bond donors (Lipinski definition) is 2. The molecular formula is C25H27N7O3. The lowest BCUT2D eigenvalue weighted by Crippen LogP contribution is -2.47. The van der Waals surface area contributed by atoms with Crippen molar-refractivity contribution in [3.8, 4) is 0 Å². The maximum absolute atomic E-state index is 13.7. The number of aromatic nitrogens is 5. The van der Waals surface area contributed by atoms with Gasteiger partial charge < -0.3 is 14.8 Å². The molecule has 0 bridgehead atoms.